The Morgan fingerprint density at radius 1 is 1.03 bits per heavy atom. The van der Waals surface area contributed by atoms with Crippen molar-refractivity contribution >= 4 is 16.7 Å². The standard InChI is InChI=1S/C32H43N7/c1-23-20-25-27(32(2,3)33)14-11-15-29(25)39(23)31-35-28-16-19-38(18-10-9-17-37(4)5)22-26(28)30(36-31)34-21-24-12-7-6-8-13-24/h6-8,11-15,20H,9-10,16-19,21-22,33H2,1-5H3,(H,34,35,36). The van der Waals surface area contributed by atoms with Gasteiger partial charge < -0.3 is 16.0 Å². The third kappa shape index (κ3) is 6.16. The zero-order valence-electron chi connectivity index (χ0n) is 24.2. The third-order valence-electron chi connectivity index (χ3n) is 7.68. The van der Waals surface area contributed by atoms with E-state index in [1.54, 1.807) is 0 Å². The van der Waals surface area contributed by atoms with E-state index in [-0.39, 0.29) is 0 Å². The molecule has 1 aliphatic heterocycles. The van der Waals surface area contributed by atoms with E-state index in [4.69, 9.17) is 15.7 Å². The predicted octanol–water partition coefficient (Wildman–Crippen LogP) is 5.23. The van der Waals surface area contributed by atoms with Crippen LogP contribution in [0.2, 0.25) is 0 Å². The molecule has 2 aromatic carbocycles. The second kappa shape index (κ2) is 11.5. The van der Waals surface area contributed by atoms with Crippen molar-refractivity contribution in [1.29, 1.82) is 0 Å². The van der Waals surface area contributed by atoms with E-state index in [2.05, 4.69) is 109 Å². The van der Waals surface area contributed by atoms with E-state index < -0.39 is 5.54 Å². The first-order valence-corrected chi connectivity index (χ1v) is 14.2. The van der Waals surface area contributed by atoms with Crippen molar-refractivity contribution in [2.75, 3.05) is 39.0 Å². The predicted molar refractivity (Wildman–Crippen MR) is 161 cm³/mol. The maximum absolute atomic E-state index is 6.54. The fourth-order valence-electron chi connectivity index (χ4n) is 5.63. The van der Waals surface area contributed by atoms with Crippen LogP contribution in [0.1, 0.15) is 54.8 Å². The van der Waals surface area contributed by atoms with Gasteiger partial charge in [-0.05, 0) is 84.1 Å². The Labute approximate surface area is 233 Å². The van der Waals surface area contributed by atoms with Gasteiger partial charge in [0.25, 0.3) is 0 Å². The van der Waals surface area contributed by atoms with Crippen LogP contribution in [0.3, 0.4) is 0 Å². The van der Waals surface area contributed by atoms with E-state index in [0.29, 0.717) is 0 Å². The summed E-state index contributed by atoms with van der Waals surface area (Å²) in [6, 6.07) is 19.1. The Hall–Kier alpha value is -3.26. The second-order valence-electron chi connectivity index (χ2n) is 11.8. The van der Waals surface area contributed by atoms with E-state index in [9.17, 15) is 0 Å². The Morgan fingerprint density at radius 3 is 2.56 bits per heavy atom. The molecule has 4 aromatic rings. The van der Waals surface area contributed by atoms with Crippen molar-refractivity contribution in [1.82, 2.24) is 24.3 Å². The maximum Gasteiger partial charge on any atom is 0.236 e. The number of benzene rings is 2. The minimum Gasteiger partial charge on any atom is -0.366 e. The quantitative estimate of drug-likeness (QED) is 0.276. The number of unbranched alkanes of at least 4 members (excludes halogenated alkanes) is 1. The van der Waals surface area contributed by atoms with Crippen LogP contribution in [0, 0.1) is 6.92 Å². The Bertz CT molecular complexity index is 1420. The molecule has 0 bridgehead atoms. The largest absolute Gasteiger partial charge is 0.366 e. The first kappa shape index (κ1) is 27.3. The number of aryl methyl sites for hydroxylation is 1. The lowest BCUT2D eigenvalue weighted by molar-refractivity contribution is 0.242. The highest BCUT2D eigenvalue weighted by atomic mass is 15.2. The monoisotopic (exact) mass is 525 g/mol. The minimum atomic E-state index is -0.437. The average Bonchev–Trinajstić information content (AvgIpc) is 3.25. The fourth-order valence-corrected chi connectivity index (χ4v) is 5.63. The molecule has 0 spiro atoms. The third-order valence-corrected chi connectivity index (χ3v) is 7.68. The lowest BCUT2D eigenvalue weighted by Gasteiger charge is -2.30. The van der Waals surface area contributed by atoms with Crippen LogP contribution >= 0.6 is 0 Å². The molecule has 7 nitrogen and oxygen atoms in total. The summed E-state index contributed by atoms with van der Waals surface area (Å²) in [7, 11) is 4.29. The number of nitrogens with one attached hydrogen (secondary N) is 1. The van der Waals surface area contributed by atoms with E-state index >= 15 is 0 Å². The maximum atomic E-state index is 6.54. The van der Waals surface area contributed by atoms with Gasteiger partial charge in [-0.25, -0.2) is 4.98 Å². The van der Waals surface area contributed by atoms with Gasteiger partial charge in [-0.2, -0.15) is 4.98 Å². The summed E-state index contributed by atoms with van der Waals surface area (Å²) in [5.74, 6) is 1.66. The molecule has 0 aliphatic carbocycles. The van der Waals surface area contributed by atoms with Gasteiger partial charge in [0.15, 0.2) is 0 Å². The highest BCUT2D eigenvalue weighted by molar-refractivity contribution is 5.87. The van der Waals surface area contributed by atoms with Gasteiger partial charge in [0.1, 0.15) is 5.82 Å². The van der Waals surface area contributed by atoms with Crippen LogP contribution in [0.25, 0.3) is 16.9 Å². The fraction of sp³-hybridized carbons (Fsp3) is 0.438. The van der Waals surface area contributed by atoms with E-state index in [0.717, 1.165) is 78.8 Å². The summed E-state index contributed by atoms with van der Waals surface area (Å²) in [5, 5.41) is 4.84. The smallest absolute Gasteiger partial charge is 0.236 e. The van der Waals surface area contributed by atoms with Crippen LogP contribution < -0.4 is 11.1 Å². The lowest BCUT2D eigenvalue weighted by atomic mass is 9.92. The van der Waals surface area contributed by atoms with Crippen molar-refractivity contribution in [3.05, 3.63) is 82.7 Å². The van der Waals surface area contributed by atoms with Gasteiger partial charge in [0.05, 0.1) is 11.2 Å². The topological polar surface area (TPSA) is 75.2 Å². The van der Waals surface area contributed by atoms with Gasteiger partial charge in [-0.15, -0.1) is 0 Å². The Kier molecular flexibility index (Phi) is 8.03. The summed E-state index contributed by atoms with van der Waals surface area (Å²) in [4.78, 5) is 15.2. The van der Waals surface area contributed by atoms with Gasteiger partial charge in [0.2, 0.25) is 5.95 Å². The molecule has 7 heteroatoms. The molecule has 0 fully saturated rings. The first-order chi connectivity index (χ1) is 18.7. The number of hydrogen-bond donors (Lipinski definition) is 2. The number of nitrogens with two attached hydrogens (primary N) is 1. The van der Waals surface area contributed by atoms with Crippen molar-refractivity contribution in [2.24, 2.45) is 5.73 Å². The zero-order valence-corrected chi connectivity index (χ0v) is 24.2. The molecule has 39 heavy (non-hydrogen) atoms. The summed E-state index contributed by atoms with van der Waals surface area (Å²) in [5.41, 5.74) is 13.1. The van der Waals surface area contributed by atoms with Crippen LogP contribution in [0.15, 0.2) is 54.6 Å². The minimum absolute atomic E-state index is 0.437. The number of fused-ring (bicyclic) bond motifs is 2. The lowest BCUT2D eigenvalue weighted by Crippen LogP contribution is -2.33. The Morgan fingerprint density at radius 2 is 1.82 bits per heavy atom. The molecule has 5 rings (SSSR count). The van der Waals surface area contributed by atoms with Crippen LogP contribution in [0.5, 0.6) is 0 Å². The van der Waals surface area contributed by atoms with Gasteiger partial charge in [-0.1, -0.05) is 42.5 Å². The normalized spacial score (nSPS) is 14.2. The summed E-state index contributed by atoms with van der Waals surface area (Å²) in [6.45, 7) is 11.1. The van der Waals surface area contributed by atoms with Gasteiger partial charge >= 0.3 is 0 Å². The number of nitrogens with zero attached hydrogens (tertiary/aromatic N) is 5. The van der Waals surface area contributed by atoms with Crippen LogP contribution in [-0.4, -0.2) is 58.1 Å². The number of hydrogen-bond acceptors (Lipinski definition) is 6. The van der Waals surface area contributed by atoms with Crippen molar-refractivity contribution in [3.63, 3.8) is 0 Å². The second-order valence-corrected chi connectivity index (χ2v) is 11.8. The van der Waals surface area contributed by atoms with Crippen LogP contribution in [0.4, 0.5) is 5.82 Å². The molecule has 0 radical (unpaired) electrons. The molecule has 0 unspecified atom stereocenters. The molecule has 0 atom stereocenters. The molecule has 3 N–H and O–H groups in total. The average molecular weight is 526 g/mol. The number of aromatic nitrogens is 3. The highest BCUT2D eigenvalue weighted by Gasteiger charge is 2.25. The summed E-state index contributed by atoms with van der Waals surface area (Å²) >= 11 is 0. The highest BCUT2D eigenvalue weighted by Crippen LogP contribution is 2.32. The zero-order chi connectivity index (χ0) is 27.6. The SMILES string of the molecule is Cc1cc2c(C(C)(C)N)cccc2n1-c1nc2c(c(NCc3ccccc3)n1)CN(CCCCN(C)C)CC2. The summed E-state index contributed by atoms with van der Waals surface area (Å²) < 4.78 is 2.19. The molecule has 206 valence electrons. The number of rotatable bonds is 10. The molecule has 2 aromatic heterocycles. The van der Waals surface area contributed by atoms with Crippen LogP contribution in [-0.2, 0) is 25.0 Å². The molecular formula is C32H43N7. The molecule has 1 aliphatic rings. The molecular weight excluding hydrogens is 482 g/mol. The number of anilines is 1. The van der Waals surface area contributed by atoms with Gasteiger partial charge in [-0.3, -0.25) is 9.47 Å². The van der Waals surface area contributed by atoms with Gasteiger partial charge in [0, 0.05) is 48.2 Å². The Balaban J connectivity index is 1.51. The van der Waals surface area contributed by atoms with Crippen molar-refractivity contribution < 1.29 is 0 Å². The molecule has 0 amide bonds. The van der Waals surface area contributed by atoms with Crippen molar-refractivity contribution in [2.45, 2.75) is 58.7 Å². The van der Waals surface area contributed by atoms with E-state index in [1.807, 2.05) is 0 Å². The molecule has 0 saturated heterocycles. The molecule has 0 saturated carbocycles. The first-order valence-electron chi connectivity index (χ1n) is 14.2. The summed E-state index contributed by atoms with van der Waals surface area (Å²) in [6.07, 6.45) is 3.35. The van der Waals surface area contributed by atoms with E-state index in [1.165, 1.54) is 24.0 Å². The molecule has 3 heterocycles. The van der Waals surface area contributed by atoms with Crippen molar-refractivity contribution in [3.8, 4) is 5.95 Å².